The molecule has 1 aliphatic heterocycles. The first-order valence-electron chi connectivity index (χ1n) is 7.15. The van der Waals surface area contributed by atoms with Crippen LogP contribution in [-0.4, -0.2) is 41.6 Å². The molecule has 5 heteroatoms. The number of phenols is 1. The maximum Gasteiger partial charge on any atom is 0.258 e. The summed E-state index contributed by atoms with van der Waals surface area (Å²) in [5.74, 6) is -1.11. The summed E-state index contributed by atoms with van der Waals surface area (Å²) in [5, 5.41) is 12.3. The van der Waals surface area contributed by atoms with Gasteiger partial charge in [0.2, 0.25) is 0 Å². The van der Waals surface area contributed by atoms with Crippen LogP contribution >= 0.6 is 0 Å². The van der Waals surface area contributed by atoms with Crippen molar-refractivity contribution in [2.24, 2.45) is 5.92 Å². The van der Waals surface area contributed by atoms with E-state index in [1.165, 1.54) is 31.0 Å². The van der Waals surface area contributed by atoms with Crippen molar-refractivity contribution in [3.63, 3.8) is 0 Å². The van der Waals surface area contributed by atoms with Crippen LogP contribution in [0.25, 0.3) is 0 Å². The number of nitrogens with one attached hydrogen (secondary N) is 1. The molecule has 1 atom stereocenters. The van der Waals surface area contributed by atoms with E-state index in [9.17, 15) is 14.3 Å². The molecule has 1 aliphatic carbocycles. The molecule has 4 nitrogen and oxygen atoms in total. The van der Waals surface area contributed by atoms with E-state index >= 15 is 0 Å². The molecule has 0 bridgehead atoms. The molecular formula is C15H19FN2O2. The lowest BCUT2D eigenvalue weighted by Gasteiger charge is -2.15. The zero-order valence-electron chi connectivity index (χ0n) is 11.3. The smallest absolute Gasteiger partial charge is 0.258 e. The third-order valence-corrected chi connectivity index (χ3v) is 4.15. The van der Waals surface area contributed by atoms with Crippen molar-refractivity contribution in [2.45, 2.75) is 25.3 Å². The summed E-state index contributed by atoms with van der Waals surface area (Å²) < 4.78 is 13.5. The fourth-order valence-corrected chi connectivity index (χ4v) is 2.86. The molecule has 3 rings (SSSR count). The summed E-state index contributed by atoms with van der Waals surface area (Å²) in [6.45, 7) is 2.64. The molecule has 0 aromatic heterocycles. The van der Waals surface area contributed by atoms with E-state index in [2.05, 4.69) is 10.2 Å². The molecule has 1 unspecified atom stereocenters. The lowest BCUT2D eigenvalue weighted by Crippen LogP contribution is -2.32. The third-order valence-electron chi connectivity index (χ3n) is 4.15. The fraction of sp³-hybridized carbons (Fsp3) is 0.533. The van der Waals surface area contributed by atoms with Crippen LogP contribution in [0.5, 0.6) is 5.75 Å². The van der Waals surface area contributed by atoms with Crippen LogP contribution in [0.3, 0.4) is 0 Å². The highest BCUT2D eigenvalue weighted by atomic mass is 19.1. The third kappa shape index (κ3) is 2.77. The van der Waals surface area contributed by atoms with Gasteiger partial charge in [0.25, 0.3) is 5.91 Å². The standard InChI is InChI=1S/C15H19FN2O2/c16-12-2-1-3-13(19)14(12)15(20)17-8-10-6-7-18(9-10)11-4-5-11/h1-3,10-11,19H,4-9H2,(H,17,20). The van der Waals surface area contributed by atoms with Gasteiger partial charge in [-0.15, -0.1) is 0 Å². The minimum absolute atomic E-state index is 0.260. The van der Waals surface area contributed by atoms with Gasteiger partial charge in [-0.05, 0) is 43.9 Å². The molecule has 1 saturated carbocycles. The zero-order valence-corrected chi connectivity index (χ0v) is 11.3. The number of nitrogens with zero attached hydrogens (tertiary/aromatic N) is 1. The monoisotopic (exact) mass is 278 g/mol. The molecule has 1 aromatic carbocycles. The van der Waals surface area contributed by atoms with Gasteiger partial charge in [-0.1, -0.05) is 6.07 Å². The predicted molar refractivity (Wildman–Crippen MR) is 73.1 cm³/mol. The van der Waals surface area contributed by atoms with Gasteiger partial charge >= 0.3 is 0 Å². The molecule has 2 aliphatic rings. The first-order valence-corrected chi connectivity index (χ1v) is 7.15. The fourth-order valence-electron chi connectivity index (χ4n) is 2.86. The number of hydrogen-bond acceptors (Lipinski definition) is 3. The Hall–Kier alpha value is -1.62. The Labute approximate surface area is 117 Å². The van der Waals surface area contributed by atoms with E-state index < -0.39 is 11.7 Å². The second-order valence-corrected chi connectivity index (χ2v) is 5.72. The first kappa shape index (κ1) is 13.4. The molecule has 1 heterocycles. The maximum absolute atomic E-state index is 13.5. The first-order chi connectivity index (χ1) is 9.65. The van der Waals surface area contributed by atoms with Gasteiger partial charge < -0.3 is 15.3 Å². The van der Waals surface area contributed by atoms with Crippen LogP contribution in [0.1, 0.15) is 29.6 Å². The van der Waals surface area contributed by atoms with Gasteiger partial charge in [0.05, 0.1) is 0 Å². The Bertz CT molecular complexity index is 496. The summed E-state index contributed by atoms with van der Waals surface area (Å²) in [6.07, 6.45) is 3.66. The molecule has 0 spiro atoms. The Balaban J connectivity index is 1.54. The Morgan fingerprint density at radius 3 is 2.90 bits per heavy atom. The van der Waals surface area contributed by atoms with E-state index in [0.717, 1.165) is 25.6 Å². The van der Waals surface area contributed by atoms with Gasteiger partial charge in [-0.2, -0.15) is 0 Å². The average molecular weight is 278 g/mol. The predicted octanol–water partition coefficient (Wildman–Crippen LogP) is 1.75. The SMILES string of the molecule is O=C(NCC1CCN(C2CC2)C1)c1c(O)cccc1F. The van der Waals surface area contributed by atoms with E-state index in [1.54, 1.807) is 0 Å². The highest BCUT2D eigenvalue weighted by molar-refractivity contribution is 5.97. The molecule has 2 fully saturated rings. The largest absolute Gasteiger partial charge is 0.507 e. The van der Waals surface area contributed by atoms with Crippen molar-refractivity contribution in [2.75, 3.05) is 19.6 Å². The minimum Gasteiger partial charge on any atom is -0.507 e. The topological polar surface area (TPSA) is 52.6 Å². The number of halogens is 1. The van der Waals surface area contributed by atoms with Crippen molar-refractivity contribution in [1.82, 2.24) is 10.2 Å². The number of hydrogen-bond donors (Lipinski definition) is 2. The van der Waals surface area contributed by atoms with Gasteiger partial charge in [0, 0.05) is 19.1 Å². The second kappa shape index (κ2) is 5.40. The lowest BCUT2D eigenvalue weighted by molar-refractivity contribution is 0.0940. The zero-order chi connectivity index (χ0) is 14.1. The summed E-state index contributed by atoms with van der Waals surface area (Å²) in [7, 11) is 0. The Morgan fingerprint density at radius 2 is 2.20 bits per heavy atom. The van der Waals surface area contributed by atoms with Crippen LogP contribution in [0.15, 0.2) is 18.2 Å². The van der Waals surface area contributed by atoms with Crippen molar-refractivity contribution in [1.29, 1.82) is 0 Å². The molecule has 1 saturated heterocycles. The molecular weight excluding hydrogens is 259 g/mol. The van der Waals surface area contributed by atoms with E-state index in [-0.39, 0.29) is 11.3 Å². The van der Waals surface area contributed by atoms with Crippen LogP contribution in [0, 0.1) is 11.7 Å². The van der Waals surface area contributed by atoms with Gasteiger partial charge in [-0.25, -0.2) is 4.39 Å². The summed E-state index contributed by atoms with van der Waals surface area (Å²) >= 11 is 0. The number of phenolic OH excluding ortho intramolecular Hbond substituents is 1. The highest BCUT2D eigenvalue weighted by Gasteiger charge is 2.34. The molecule has 20 heavy (non-hydrogen) atoms. The van der Waals surface area contributed by atoms with Gasteiger partial charge in [0.15, 0.2) is 0 Å². The average Bonchev–Trinajstić information content (AvgIpc) is 3.16. The van der Waals surface area contributed by atoms with Crippen molar-refractivity contribution >= 4 is 5.91 Å². The minimum atomic E-state index is -0.687. The van der Waals surface area contributed by atoms with E-state index in [1.807, 2.05) is 0 Å². The number of aromatic hydroxyl groups is 1. The van der Waals surface area contributed by atoms with Crippen LogP contribution in [-0.2, 0) is 0 Å². The number of amides is 1. The normalized spacial score (nSPS) is 22.9. The lowest BCUT2D eigenvalue weighted by atomic mass is 10.1. The van der Waals surface area contributed by atoms with E-state index in [4.69, 9.17) is 0 Å². The molecule has 108 valence electrons. The van der Waals surface area contributed by atoms with E-state index in [0.29, 0.717) is 12.5 Å². The van der Waals surface area contributed by atoms with Crippen LogP contribution in [0.2, 0.25) is 0 Å². The second-order valence-electron chi connectivity index (χ2n) is 5.72. The number of likely N-dealkylation sites (tertiary alicyclic amines) is 1. The Kier molecular flexibility index (Phi) is 3.61. The molecule has 1 amide bonds. The summed E-state index contributed by atoms with van der Waals surface area (Å²) in [4.78, 5) is 14.4. The van der Waals surface area contributed by atoms with Crippen molar-refractivity contribution in [3.8, 4) is 5.75 Å². The molecule has 2 N–H and O–H groups in total. The van der Waals surface area contributed by atoms with Crippen molar-refractivity contribution < 1.29 is 14.3 Å². The summed E-state index contributed by atoms with van der Waals surface area (Å²) in [6, 6.07) is 4.64. The highest BCUT2D eigenvalue weighted by Crippen LogP contribution is 2.31. The maximum atomic E-state index is 13.5. The Morgan fingerprint density at radius 1 is 1.40 bits per heavy atom. The molecule has 0 radical (unpaired) electrons. The summed E-state index contributed by atoms with van der Waals surface area (Å²) in [5.41, 5.74) is -0.260. The van der Waals surface area contributed by atoms with Crippen LogP contribution in [0.4, 0.5) is 4.39 Å². The van der Waals surface area contributed by atoms with Crippen LogP contribution < -0.4 is 5.32 Å². The quantitative estimate of drug-likeness (QED) is 0.882. The van der Waals surface area contributed by atoms with Gasteiger partial charge in [-0.3, -0.25) is 4.79 Å². The number of rotatable bonds is 4. The molecule has 1 aromatic rings. The number of benzene rings is 1. The van der Waals surface area contributed by atoms with Gasteiger partial charge in [0.1, 0.15) is 17.1 Å². The van der Waals surface area contributed by atoms with Crippen molar-refractivity contribution in [3.05, 3.63) is 29.6 Å². The number of carbonyl (C=O) groups excluding carboxylic acids is 1. The number of carbonyl (C=O) groups is 1.